The number of aliphatic hydroxyl groups is 1. The van der Waals surface area contributed by atoms with Crippen molar-refractivity contribution in [3.63, 3.8) is 0 Å². The normalized spacial score (nSPS) is 30.6. The van der Waals surface area contributed by atoms with Crippen LogP contribution in [0, 0.1) is 0 Å². The zero-order valence-corrected chi connectivity index (χ0v) is 9.96. The van der Waals surface area contributed by atoms with Gasteiger partial charge in [0.15, 0.2) is 0 Å². The number of rotatable bonds is 2. The number of hydrogen-bond acceptors (Lipinski definition) is 3. The molecule has 0 atom stereocenters. The van der Waals surface area contributed by atoms with E-state index in [-0.39, 0.29) is 6.04 Å². The molecule has 0 radical (unpaired) electrons. The number of amides is 1. The molecule has 2 N–H and O–H groups in total. The first-order valence-corrected chi connectivity index (χ1v) is 5.46. The van der Waals surface area contributed by atoms with E-state index < -0.39 is 17.3 Å². The number of carbonyl (C=O) groups is 1. The molecular weight excluding hydrogens is 194 g/mol. The predicted molar refractivity (Wildman–Crippen MR) is 57.6 cm³/mol. The van der Waals surface area contributed by atoms with Crippen molar-refractivity contribution in [2.24, 2.45) is 0 Å². The van der Waals surface area contributed by atoms with Gasteiger partial charge in [-0.2, -0.15) is 0 Å². The molecule has 1 aliphatic rings. The van der Waals surface area contributed by atoms with Gasteiger partial charge in [-0.1, -0.05) is 6.92 Å². The molecule has 0 heterocycles. The van der Waals surface area contributed by atoms with Gasteiger partial charge in [0.2, 0.25) is 0 Å². The molecule has 1 aliphatic carbocycles. The van der Waals surface area contributed by atoms with Crippen LogP contribution in [0.4, 0.5) is 4.79 Å². The van der Waals surface area contributed by atoms with E-state index in [2.05, 4.69) is 5.32 Å². The number of carbonyl (C=O) groups excluding carboxylic acids is 1. The Morgan fingerprint density at radius 1 is 1.53 bits per heavy atom. The van der Waals surface area contributed by atoms with Gasteiger partial charge in [-0.3, -0.25) is 0 Å². The fourth-order valence-electron chi connectivity index (χ4n) is 1.72. The summed E-state index contributed by atoms with van der Waals surface area (Å²) in [7, 11) is 0. The molecule has 0 aromatic carbocycles. The molecule has 15 heavy (non-hydrogen) atoms. The topological polar surface area (TPSA) is 58.6 Å². The lowest BCUT2D eigenvalue weighted by Crippen LogP contribution is -2.55. The second-order valence-electron chi connectivity index (χ2n) is 5.33. The molecule has 1 amide bonds. The minimum absolute atomic E-state index is 0.0600. The highest BCUT2D eigenvalue weighted by Crippen LogP contribution is 2.34. The average molecular weight is 215 g/mol. The first-order chi connectivity index (χ1) is 6.74. The van der Waals surface area contributed by atoms with E-state index in [1.54, 1.807) is 0 Å². The largest absolute Gasteiger partial charge is 0.444 e. The highest BCUT2D eigenvalue weighted by molar-refractivity contribution is 5.68. The molecule has 1 fully saturated rings. The molecule has 0 bridgehead atoms. The maximum atomic E-state index is 11.3. The van der Waals surface area contributed by atoms with E-state index >= 15 is 0 Å². The van der Waals surface area contributed by atoms with Crippen LogP contribution in [0.15, 0.2) is 0 Å². The second-order valence-corrected chi connectivity index (χ2v) is 5.33. The quantitative estimate of drug-likeness (QED) is 0.738. The summed E-state index contributed by atoms with van der Waals surface area (Å²) in [5, 5.41) is 12.5. The maximum absolute atomic E-state index is 11.3. The van der Waals surface area contributed by atoms with E-state index in [0.29, 0.717) is 12.8 Å². The number of ether oxygens (including phenoxy) is 1. The van der Waals surface area contributed by atoms with Crippen LogP contribution >= 0.6 is 0 Å². The van der Waals surface area contributed by atoms with E-state index in [9.17, 15) is 9.90 Å². The lowest BCUT2D eigenvalue weighted by Gasteiger charge is -2.43. The van der Waals surface area contributed by atoms with Crippen molar-refractivity contribution in [2.45, 2.75) is 64.2 Å². The Hall–Kier alpha value is -0.770. The highest BCUT2D eigenvalue weighted by Gasteiger charge is 2.42. The van der Waals surface area contributed by atoms with Crippen LogP contribution in [0.2, 0.25) is 0 Å². The van der Waals surface area contributed by atoms with Crippen LogP contribution in [-0.2, 0) is 4.74 Å². The third-order valence-electron chi connectivity index (χ3n) is 2.63. The Morgan fingerprint density at radius 3 is 2.47 bits per heavy atom. The van der Waals surface area contributed by atoms with Gasteiger partial charge in [-0.15, -0.1) is 0 Å². The summed E-state index contributed by atoms with van der Waals surface area (Å²) in [5.74, 6) is 0. The van der Waals surface area contributed by atoms with Crippen molar-refractivity contribution in [1.29, 1.82) is 0 Å². The van der Waals surface area contributed by atoms with Crippen molar-refractivity contribution in [1.82, 2.24) is 5.32 Å². The van der Waals surface area contributed by atoms with Crippen LogP contribution < -0.4 is 5.32 Å². The second kappa shape index (κ2) is 4.00. The van der Waals surface area contributed by atoms with Crippen molar-refractivity contribution in [3.05, 3.63) is 0 Å². The molecule has 0 aliphatic heterocycles. The van der Waals surface area contributed by atoms with Crippen LogP contribution in [0.3, 0.4) is 0 Å². The van der Waals surface area contributed by atoms with Crippen LogP contribution in [0.1, 0.15) is 47.0 Å². The summed E-state index contributed by atoms with van der Waals surface area (Å²) >= 11 is 0. The molecule has 0 unspecified atom stereocenters. The first kappa shape index (κ1) is 12.3. The molecule has 88 valence electrons. The van der Waals surface area contributed by atoms with Gasteiger partial charge in [-0.05, 0) is 40.0 Å². The predicted octanol–water partition coefficient (Wildman–Crippen LogP) is 1.81. The van der Waals surface area contributed by atoms with Gasteiger partial charge < -0.3 is 15.2 Å². The summed E-state index contributed by atoms with van der Waals surface area (Å²) in [5.41, 5.74) is -1.03. The van der Waals surface area contributed by atoms with Gasteiger partial charge in [0.05, 0.1) is 5.60 Å². The molecule has 1 rings (SSSR count). The van der Waals surface area contributed by atoms with Crippen molar-refractivity contribution >= 4 is 6.09 Å². The fourth-order valence-corrected chi connectivity index (χ4v) is 1.72. The number of nitrogens with one attached hydrogen (secondary N) is 1. The number of hydrogen-bond donors (Lipinski definition) is 2. The lowest BCUT2D eigenvalue weighted by atomic mass is 9.74. The minimum atomic E-state index is -0.570. The zero-order valence-electron chi connectivity index (χ0n) is 9.96. The highest BCUT2D eigenvalue weighted by atomic mass is 16.6. The van der Waals surface area contributed by atoms with E-state index in [1.165, 1.54) is 0 Å². The lowest BCUT2D eigenvalue weighted by molar-refractivity contribution is -0.0593. The fraction of sp³-hybridized carbons (Fsp3) is 0.909. The van der Waals surface area contributed by atoms with Gasteiger partial charge in [0.1, 0.15) is 5.60 Å². The SMILES string of the molecule is CCC1(O)CC(NC(=O)OC(C)(C)C)C1. The van der Waals surface area contributed by atoms with E-state index in [1.807, 2.05) is 27.7 Å². The molecule has 0 spiro atoms. The summed E-state index contributed by atoms with van der Waals surface area (Å²) < 4.78 is 5.11. The third kappa shape index (κ3) is 3.70. The maximum Gasteiger partial charge on any atom is 0.407 e. The average Bonchev–Trinajstić information content (AvgIpc) is 1.97. The van der Waals surface area contributed by atoms with E-state index in [0.717, 1.165) is 6.42 Å². The van der Waals surface area contributed by atoms with Crippen molar-refractivity contribution in [3.8, 4) is 0 Å². The van der Waals surface area contributed by atoms with Crippen molar-refractivity contribution < 1.29 is 14.6 Å². The third-order valence-corrected chi connectivity index (χ3v) is 2.63. The smallest absolute Gasteiger partial charge is 0.407 e. The first-order valence-electron chi connectivity index (χ1n) is 5.46. The zero-order chi connectivity index (χ0) is 11.7. The van der Waals surface area contributed by atoms with Crippen LogP contribution in [-0.4, -0.2) is 28.4 Å². The monoisotopic (exact) mass is 215 g/mol. The Kier molecular flexibility index (Phi) is 3.28. The standard InChI is InChI=1S/C11H21NO3/c1-5-11(14)6-8(7-11)12-9(13)15-10(2,3)4/h8,14H,5-7H2,1-4H3,(H,12,13). The molecule has 0 aromatic heterocycles. The van der Waals surface area contributed by atoms with Crippen LogP contribution in [0.5, 0.6) is 0 Å². The molecule has 0 saturated heterocycles. The molecule has 1 saturated carbocycles. The Morgan fingerprint density at radius 2 is 2.07 bits per heavy atom. The minimum Gasteiger partial charge on any atom is -0.444 e. The summed E-state index contributed by atoms with van der Waals surface area (Å²) in [4.78, 5) is 11.3. The van der Waals surface area contributed by atoms with Gasteiger partial charge in [-0.25, -0.2) is 4.79 Å². The van der Waals surface area contributed by atoms with Gasteiger partial charge >= 0.3 is 6.09 Å². The van der Waals surface area contributed by atoms with Gasteiger partial charge in [0, 0.05) is 6.04 Å². The Bertz CT molecular complexity index is 239. The molecule has 0 aromatic rings. The van der Waals surface area contributed by atoms with E-state index in [4.69, 9.17) is 4.74 Å². The molecular formula is C11H21NO3. The Labute approximate surface area is 91.0 Å². The Balaban J connectivity index is 2.25. The summed E-state index contributed by atoms with van der Waals surface area (Å²) in [6.07, 6.45) is 1.59. The number of alkyl carbamates (subject to hydrolysis) is 1. The summed E-state index contributed by atoms with van der Waals surface area (Å²) in [6.45, 7) is 7.44. The summed E-state index contributed by atoms with van der Waals surface area (Å²) in [6, 6.07) is 0.0600. The van der Waals surface area contributed by atoms with Gasteiger partial charge in [0.25, 0.3) is 0 Å². The molecule has 4 nitrogen and oxygen atoms in total. The van der Waals surface area contributed by atoms with Crippen LogP contribution in [0.25, 0.3) is 0 Å². The van der Waals surface area contributed by atoms with Crippen molar-refractivity contribution in [2.75, 3.05) is 0 Å². The molecule has 4 heteroatoms.